The van der Waals surface area contributed by atoms with E-state index in [1.54, 1.807) is 0 Å². The van der Waals surface area contributed by atoms with Crippen molar-refractivity contribution in [2.45, 2.75) is 18.8 Å². The number of carbonyl (C=O) groups is 1. The van der Waals surface area contributed by atoms with Crippen LogP contribution in [0.1, 0.15) is 29.9 Å². The first-order valence-electron chi connectivity index (χ1n) is 8.43. The second-order valence-electron chi connectivity index (χ2n) is 6.14. The largest absolute Gasteiger partial charge is 0.356 e. The predicted molar refractivity (Wildman–Crippen MR) is 93.3 cm³/mol. The summed E-state index contributed by atoms with van der Waals surface area (Å²) in [6, 6.07) is 21.1. The van der Waals surface area contributed by atoms with Gasteiger partial charge in [0.25, 0.3) is 0 Å². The maximum absolute atomic E-state index is 12.1. The van der Waals surface area contributed by atoms with Crippen LogP contribution in [0.5, 0.6) is 0 Å². The van der Waals surface area contributed by atoms with Crippen LogP contribution in [0.25, 0.3) is 0 Å². The first kappa shape index (κ1) is 15.8. The second-order valence-corrected chi connectivity index (χ2v) is 6.14. The van der Waals surface area contributed by atoms with Crippen molar-refractivity contribution in [3.8, 4) is 0 Å². The average molecular weight is 308 g/mol. The van der Waals surface area contributed by atoms with E-state index in [0.29, 0.717) is 12.5 Å². The molecule has 0 saturated carbocycles. The number of hydrogen-bond acceptors (Lipinski definition) is 2. The van der Waals surface area contributed by atoms with E-state index in [4.69, 9.17) is 0 Å². The second kappa shape index (κ2) is 7.93. The zero-order valence-corrected chi connectivity index (χ0v) is 13.4. The molecule has 2 aromatic rings. The maximum Gasteiger partial charge on any atom is 0.224 e. The molecule has 120 valence electrons. The fourth-order valence-electron chi connectivity index (χ4n) is 3.26. The molecule has 3 rings (SSSR count). The molecule has 0 bridgehead atoms. The van der Waals surface area contributed by atoms with Gasteiger partial charge in [-0.05, 0) is 30.5 Å². The number of amides is 1. The minimum atomic E-state index is 0.141. The van der Waals surface area contributed by atoms with Crippen LogP contribution in [0.3, 0.4) is 0 Å². The van der Waals surface area contributed by atoms with E-state index in [2.05, 4.69) is 59.2 Å². The smallest absolute Gasteiger partial charge is 0.224 e. The molecule has 1 aliphatic rings. The molecule has 3 nitrogen and oxygen atoms in total. The van der Waals surface area contributed by atoms with Crippen LogP contribution in [-0.4, -0.2) is 25.5 Å². The lowest BCUT2D eigenvalue weighted by Crippen LogP contribution is -2.33. The summed E-state index contributed by atoms with van der Waals surface area (Å²) in [5.74, 6) is 0.649. The first-order valence-corrected chi connectivity index (χ1v) is 8.43. The van der Waals surface area contributed by atoms with Gasteiger partial charge in [0.15, 0.2) is 0 Å². The summed E-state index contributed by atoms with van der Waals surface area (Å²) in [6.07, 6.45) is 1.87. The van der Waals surface area contributed by atoms with Gasteiger partial charge >= 0.3 is 0 Å². The molecule has 0 radical (unpaired) electrons. The average Bonchev–Trinajstić information content (AvgIpc) is 3.15. The van der Waals surface area contributed by atoms with Crippen LogP contribution >= 0.6 is 0 Å². The highest BCUT2D eigenvalue weighted by Crippen LogP contribution is 2.27. The first-order chi connectivity index (χ1) is 11.3. The third-order valence-electron chi connectivity index (χ3n) is 4.57. The molecular formula is C20H24N2O. The van der Waals surface area contributed by atoms with Crippen molar-refractivity contribution in [3.05, 3.63) is 71.8 Å². The molecule has 1 atom stereocenters. The summed E-state index contributed by atoms with van der Waals surface area (Å²) in [6.45, 7) is 2.48. The summed E-state index contributed by atoms with van der Waals surface area (Å²) >= 11 is 0. The standard InChI is InChI=1S/C20H24N2O/c23-20(18-11-13-21-15-18)22-14-12-19(16-7-3-1-4-8-16)17-9-5-2-6-10-17/h1-10,18-19,21H,11-15H2,(H,22,23). The van der Waals surface area contributed by atoms with Crippen LogP contribution in [0.4, 0.5) is 0 Å². The Balaban J connectivity index is 1.64. The van der Waals surface area contributed by atoms with Gasteiger partial charge in [-0.3, -0.25) is 4.79 Å². The normalized spacial score (nSPS) is 17.3. The summed E-state index contributed by atoms with van der Waals surface area (Å²) in [5.41, 5.74) is 2.60. The fraction of sp³-hybridized carbons (Fsp3) is 0.350. The zero-order chi connectivity index (χ0) is 15.9. The number of benzene rings is 2. The molecule has 1 saturated heterocycles. The van der Waals surface area contributed by atoms with Crippen LogP contribution < -0.4 is 10.6 Å². The minimum Gasteiger partial charge on any atom is -0.356 e. The number of carbonyl (C=O) groups excluding carboxylic acids is 1. The molecule has 2 N–H and O–H groups in total. The van der Waals surface area contributed by atoms with Gasteiger partial charge in [-0.2, -0.15) is 0 Å². The third kappa shape index (κ3) is 4.20. The van der Waals surface area contributed by atoms with Crippen LogP contribution in [0.2, 0.25) is 0 Å². The highest BCUT2D eigenvalue weighted by Gasteiger charge is 2.22. The molecule has 1 heterocycles. The molecule has 1 unspecified atom stereocenters. The summed E-state index contributed by atoms with van der Waals surface area (Å²) < 4.78 is 0. The molecule has 3 heteroatoms. The Kier molecular flexibility index (Phi) is 5.43. The Morgan fingerprint density at radius 2 is 1.65 bits per heavy atom. The van der Waals surface area contributed by atoms with Gasteiger partial charge in [0.2, 0.25) is 5.91 Å². The minimum absolute atomic E-state index is 0.141. The van der Waals surface area contributed by atoms with E-state index >= 15 is 0 Å². The van der Waals surface area contributed by atoms with Crippen molar-refractivity contribution in [1.82, 2.24) is 10.6 Å². The summed E-state index contributed by atoms with van der Waals surface area (Å²) in [7, 11) is 0. The molecule has 1 aliphatic heterocycles. The van der Waals surface area contributed by atoms with Crippen molar-refractivity contribution in [3.63, 3.8) is 0 Å². The van der Waals surface area contributed by atoms with Gasteiger partial charge < -0.3 is 10.6 Å². The van der Waals surface area contributed by atoms with Crippen molar-refractivity contribution in [2.75, 3.05) is 19.6 Å². The predicted octanol–water partition coefficient (Wildman–Crippen LogP) is 2.93. The van der Waals surface area contributed by atoms with Crippen LogP contribution in [0, 0.1) is 5.92 Å². The van der Waals surface area contributed by atoms with Gasteiger partial charge in [-0.1, -0.05) is 60.7 Å². The molecule has 2 aromatic carbocycles. The summed E-state index contributed by atoms with van der Waals surface area (Å²) in [5, 5.41) is 6.36. The van der Waals surface area contributed by atoms with E-state index in [1.165, 1.54) is 11.1 Å². The Labute approximate surface area is 138 Å². The van der Waals surface area contributed by atoms with Crippen LogP contribution in [-0.2, 0) is 4.79 Å². The lowest BCUT2D eigenvalue weighted by atomic mass is 9.88. The van der Waals surface area contributed by atoms with E-state index < -0.39 is 0 Å². The van der Waals surface area contributed by atoms with Gasteiger partial charge in [0, 0.05) is 19.0 Å². The van der Waals surface area contributed by atoms with E-state index in [9.17, 15) is 4.79 Å². The van der Waals surface area contributed by atoms with E-state index in [0.717, 1.165) is 25.9 Å². The Morgan fingerprint density at radius 3 is 2.17 bits per heavy atom. The summed E-state index contributed by atoms with van der Waals surface area (Å²) in [4.78, 5) is 12.1. The lowest BCUT2D eigenvalue weighted by molar-refractivity contribution is -0.124. The highest BCUT2D eigenvalue weighted by atomic mass is 16.1. The maximum atomic E-state index is 12.1. The molecular weight excluding hydrogens is 284 g/mol. The molecule has 0 aromatic heterocycles. The van der Waals surface area contributed by atoms with Crippen molar-refractivity contribution in [1.29, 1.82) is 0 Å². The SMILES string of the molecule is O=C(NCCC(c1ccccc1)c1ccccc1)C1CCNC1. The molecule has 1 fully saturated rings. The van der Waals surface area contributed by atoms with Gasteiger partial charge in [0.1, 0.15) is 0 Å². The van der Waals surface area contributed by atoms with Gasteiger partial charge in [-0.25, -0.2) is 0 Å². The van der Waals surface area contributed by atoms with Crippen molar-refractivity contribution < 1.29 is 4.79 Å². The van der Waals surface area contributed by atoms with Crippen molar-refractivity contribution in [2.24, 2.45) is 5.92 Å². The number of nitrogens with one attached hydrogen (secondary N) is 2. The molecule has 0 spiro atoms. The third-order valence-corrected chi connectivity index (χ3v) is 4.57. The van der Waals surface area contributed by atoms with Gasteiger partial charge in [0.05, 0.1) is 5.92 Å². The van der Waals surface area contributed by atoms with Gasteiger partial charge in [-0.15, -0.1) is 0 Å². The topological polar surface area (TPSA) is 41.1 Å². The Bertz CT molecular complexity index is 567. The lowest BCUT2D eigenvalue weighted by Gasteiger charge is -2.19. The van der Waals surface area contributed by atoms with E-state index in [-0.39, 0.29) is 11.8 Å². The monoisotopic (exact) mass is 308 g/mol. The zero-order valence-electron chi connectivity index (χ0n) is 13.4. The van der Waals surface area contributed by atoms with Crippen LogP contribution in [0.15, 0.2) is 60.7 Å². The quantitative estimate of drug-likeness (QED) is 0.861. The fourth-order valence-corrected chi connectivity index (χ4v) is 3.26. The Hall–Kier alpha value is -2.13. The molecule has 0 aliphatic carbocycles. The molecule has 23 heavy (non-hydrogen) atoms. The van der Waals surface area contributed by atoms with E-state index in [1.807, 2.05) is 12.1 Å². The number of rotatable bonds is 6. The molecule has 1 amide bonds. The highest BCUT2D eigenvalue weighted by molar-refractivity contribution is 5.79. The number of hydrogen-bond donors (Lipinski definition) is 2. The Morgan fingerprint density at radius 1 is 1.04 bits per heavy atom. The van der Waals surface area contributed by atoms with Crippen molar-refractivity contribution >= 4 is 5.91 Å².